The standard InChI is InChI=1S/C18H17N3O3/c1-18(23,14-7-3-2-4-8-14)11-16(22)20-15-9-5-6-13(10-15)17-21-19-12-24-17/h2-10,12,23H,11H2,1H3,(H,20,22). The molecule has 0 aliphatic carbocycles. The van der Waals surface area contributed by atoms with Crippen molar-refractivity contribution in [2.24, 2.45) is 0 Å². The van der Waals surface area contributed by atoms with Gasteiger partial charge in [0.15, 0.2) is 0 Å². The second-order valence-electron chi connectivity index (χ2n) is 5.69. The summed E-state index contributed by atoms with van der Waals surface area (Å²) in [6, 6.07) is 16.2. The fraction of sp³-hybridized carbons (Fsp3) is 0.167. The van der Waals surface area contributed by atoms with Crippen LogP contribution in [0.5, 0.6) is 0 Å². The number of carbonyl (C=O) groups excluding carboxylic acids is 1. The number of aromatic nitrogens is 2. The van der Waals surface area contributed by atoms with E-state index in [4.69, 9.17) is 4.42 Å². The molecule has 6 nitrogen and oxygen atoms in total. The lowest BCUT2D eigenvalue weighted by Crippen LogP contribution is -2.28. The fourth-order valence-electron chi connectivity index (χ4n) is 2.45. The van der Waals surface area contributed by atoms with E-state index >= 15 is 0 Å². The van der Waals surface area contributed by atoms with E-state index in [-0.39, 0.29) is 12.3 Å². The highest BCUT2D eigenvalue weighted by Gasteiger charge is 2.26. The molecule has 1 aromatic heterocycles. The van der Waals surface area contributed by atoms with Crippen LogP contribution < -0.4 is 5.32 Å². The molecule has 0 fully saturated rings. The molecular formula is C18H17N3O3. The first-order chi connectivity index (χ1) is 11.5. The Morgan fingerprint density at radius 3 is 2.71 bits per heavy atom. The molecular weight excluding hydrogens is 306 g/mol. The van der Waals surface area contributed by atoms with E-state index in [2.05, 4.69) is 15.5 Å². The van der Waals surface area contributed by atoms with E-state index in [0.29, 0.717) is 22.7 Å². The molecule has 2 N–H and O–H groups in total. The normalized spacial score (nSPS) is 13.2. The number of nitrogens with one attached hydrogen (secondary N) is 1. The molecule has 3 rings (SSSR count). The Morgan fingerprint density at radius 1 is 1.21 bits per heavy atom. The lowest BCUT2D eigenvalue weighted by atomic mass is 9.92. The van der Waals surface area contributed by atoms with Crippen LogP contribution in [0, 0.1) is 0 Å². The molecule has 0 aliphatic heterocycles. The molecule has 1 atom stereocenters. The van der Waals surface area contributed by atoms with Crippen LogP contribution in [0.1, 0.15) is 18.9 Å². The first kappa shape index (κ1) is 15.9. The summed E-state index contributed by atoms with van der Waals surface area (Å²) in [5.74, 6) is 0.0916. The Hall–Kier alpha value is -2.99. The van der Waals surface area contributed by atoms with Crippen molar-refractivity contribution in [3.63, 3.8) is 0 Å². The minimum atomic E-state index is -1.24. The van der Waals surface area contributed by atoms with E-state index in [1.807, 2.05) is 24.3 Å². The van der Waals surface area contributed by atoms with Gasteiger partial charge in [-0.3, -0.25) is 4.79 Å². The van der Waals surface area contributed by atoms with E-state index in [1.165, 1.54) is 6.39 Å². The van der Waals surface area contributed by atoms with Gasteiger partial charge in [0.25, 0.3) is 0 Å². The van der Waals surface area contributed by atoms with Crippen LogP contribution >= 0.6 is 0 Å². The summed E-state index contributed by atoms with van der Waals surface area (Å²) in [4.78, 5) is 12.3. The molecule has 2 aromatic carbocycles. The highest BCUT2D eigenvalue weighted by Crippen LogP contribution is 2.25. The van der Waals surface area contributed by atoms with E-state index in [9.17, 15) is 9.90 Å². The predicted octanol–water partition coefficient (Wildman–Crippen LogP) is 2.97. The van der Waals surface area contributed by atoms with Gasteiger partial charge in [-0.1, -0.05) is 36.4 Å². The Morgan fingerprint density at radius 2 is 2.00 bits per heavy atom. The molecule has 6 heteroatoms. The zero-order chi connectivity index (χ0) is 17.0. The van der Waals surface area contributed by atoms with Gasteiger partial charge in [0.2, 0.25) is 18.2 Å². The second kappa shape index (κ2) is 6.64. The number of rotatable bonds is 5. The molecule has 24 heavy (non-hydrogen) atoms. The largest absolute Gasteiger partial charge is 0.423 e. The summed E-state index contributed by atoms with van der Waals surface area (Å²) in [5.41, 5.74) is 0.759. The Balaban J connectivity index is 1.70. The van der Waals surface area contributed by atoms with Gasteiger partial charge in [-0.25, -0.2) is 0 Å². The molecule has 0 radical (unpaired) electrons. The zero-order valence-corrected chi connectivity index (χ0v) is 13.1. The summed E-state index contributed by atoms with van der Waals surface area (Å²) >= 11 is 0. The average Bonchev–Trinajstić information content (AvgIpc) is 3.10. The third-order valence-electron chi connectivity index (χ3n) is 3.65. The second-order valence-corrected chi connectivity index (χ2v) is 5.69. The first-order valence-corrected chi connectivity index (χ1v) is 7.49. The van der Waals surface area contributed by atoms with Crippen LogP contribution in [0.2, 0.25) is 0 Å². The van der Waals surface area contributed by atoms with Crippen LogP contribution in [0.4, 0.5) is 5.69 Å². The van der Waals surface area contributed by atoms with E-state index in [0.717, 1.165) is 0 Å². The maximum Gasteiger partial charge on any atom is 0.247 e. The minimum Gasteiger partial charge on any atom is -0.423 e. The Bertz CT molecular complexity index is 815. The summed E-state index contributed by atoms with van der Waals surface area (Å²) in [6.45, 7) is 1.62. The highest BCUT2D eigenvalue weighted by molar-refractivity contribution is 5.92. The van der Waals surface area contributed by atoms with Crippen molar-refractivity contribution >= 4 is 11.6 Å². The lowest BCUT2D eigenvalue weighted by molar-refractivity contribution is -0.120. The van der Waals surface area contributed by atoms with E-state index < -0.39 is 5.60 Å². The molecule has 122 valence electrons. The highest BCUT2D eigenvalue weighted by atomic mass is 16.4. The Kier molecular flexibility index (Phi) is 4.39. The maximum atomic E-state index is 12.3. The molecule has 0 bridgehead atoms. The average molecular weight is 323 g/mol. The zero-order valence-electron chi connectivity index (χ0n) is 13.1. The number of carbonyl (C=O) groups is 1. The quantitative estimate of drug-likeness (QED) is 0.753. The maximum absolute atomic E-state index is 12.3. The monoisotopic (exact) mass is 323 g/mol. The van der Waals surface area contributed by atoms with Gasteiger partial charge in [-0.05, 0) is 30.7 Å². The van der Waals surface area contributed by atoms with Crippen molar-refractivity contribution in [1.29, 1.82) is 0 Å². The molecule has 3 aromatic rings. The molecule has 1 amide bonds. The van der Waals surface area contributed by atoms with Crippen molar-refractivity contribution in [3.05, 3.63) is 66.6 Å². The smallest absolute Gasteiger partial charge is 0.247 e. The summed E-state index contributed by atoms with van der Waals surface area (Å²) < 4.78 is 5.14. The molecule has 0 aliphatic rings. The molecule has 0 saturated heterocycles. The van der Waals surface area contributed by atoms with Gasteiger partial charge in [0, 0.05) is 11.3 Å². The number of hydrogen-bond acceptors (Lipinski definition) is 5. The van der Waals surface area contributed by atoms with Gasteiger partial charge in [0.1, 0.15) is 0 Å². The number of amides is 1. The third-order valence-corrected chi connectivity index (χ3v) is 3.65. The number of anilines is 1. The van der Waals surface area contributed by atoms with Crippen LogP contribution in [-0.4, -0.2) is 21.2 Å². The fourth-order valence-corrected chi connectivity index (χ4v) is 2.45. The molecule has 0 saturated carbocycles. The molecule has 1 unspecified atom stereocenters. The van der Waals surface area contributed by atoms with Crippen LogP contribution in [0.15, 0.2) is 65.4 Å². The van der Waals surface area contributed by atoms with Crippen LogP contribution in [-0.2, 0) is 10.4 Å². The molecule has 0 spiro atoms. The van der Waals surface area contributed by atoms with Gasteiger partial charge >= 0.3 is 0 Å². The minimum absolute atomic E-state index is 0.0538. The number of aliphatic hydroxyl groups is 1. The van der Waals surface area contributed by atoms with E-state index in [1.54, 1.807) is 37.3 Å². The lowest BCUT2D eigenvalue weighted by Gasteiger charge is -2.23. The topological polar surface area (TPSA) is 88.2 Å². The molecule has 1 heterocycles. The summed E-state index contributed by atoms with van der Waals surface area (Å²) in [7, 11) is 0. The first-order valence-electron chi connectivity index (χ1n) is 7.49. The predicted molar refractivity (Wildman–Crippen MR) is 89.0 cm³/mol. The van der Waals surface area contributed by atoms with Gasteiger partial charge in [0.05, 0.1) is 12.0 Å². The SMILES string of the molecule is CC(O)(CC(=O)Nc1cccc(-c2nnco2)c1)c1ccccc1. The van der Waals surface area contributed by atoms with Gasteiger partial charge in [-0.2, -0.15) is 0 Å². The van der Waals surface area contributed by atoms with Gasteiger partial charge < -0.3 is 14.8 Å². The number of benzene rings is 2. The summed E-state index contributed by atoms with van der Waals surface area (Å²) in [5, 5.41) is 20.8. The van der Waals surface area contributed by atoms with Crippen molar-refractivity contribution in [1.82, 2.24) is 10.2 Å². The Labute approximate surface area is 139 Å². The van der Waals surface area contributed by atoms with Crippen LogP contribution in [0.3, 0.4) is 0 Å². The van der Waals surface area contributed by atoms with Crippen molar-refractivity contribution in [2.45, 2.75) is 18.9 Å². The van der Waals surface area contributed by atoms with Crippen LogP contribution in [0.25, 0.3) is 11.5 Å². The van der Waals surface area contributed by atoms with Crippen molar-refractivity contribution in [2.75, 3.05) is 5.32 Å². The number of nitrogens with zero attached hydrogens (tertiary/aromatic N) is 2. The van der Waals surface area contributed by atoms with Crippen molar-refractivity contribution in [3.8, 4) is 11.5 Å². The van der Waals surface area contributed by atoms with Gasteiger partial charge in [-0.15, -0.1) is 10.2 Å². The van der Waals surface area contributed by atoms with Crippen molar-refractivity contribution < 1.29 is 14.3 Å². The third kappa shape index (κ3) is 3.67. The number of hydrogen-bond donors (Lipinski definition) is 2. The summed E-state index contributed by atoms with van der Waals surface area (Å²) in [6.07, 6.45) is 1.19.